The van der Waals surface area contributed by atoms with Crippen LogP contribution in [-0.2, 0) is 22.6 Å². The standard InChI is InChI=1S/C24H25ClN4O4/c1-14-8-9-16(12-19(14)25)27-24(33)26-11-10-15-4-2-5-17-18(15)13-29(23(17)32)20-6-3-7-21(30)28-22(20)31/h2,4-5,8-9,12,20H,3,6-7,10-11,13H2,1H3,(H2,26,27,33)(H,28,30,31)/t20-/m0/s1. The van der Waals surface area contributed by atoms with Crippen LogP contribution >= 0.6 is 11.6 Å². The number of fused-ring (bicyclic) bond motifs is 1. The second kappa shape index (κ2) is 9.62. The molecule has 4 rings (SSSR count). The maximum Gasteiger partial charge on any atom is 0.319 e. The van der Waals surface area contributed by atoms with E-state index in [1.807, 2.05) is 19.1 Å². The van der Waals surface area contributed by atoms with Gasteiger partial charge < -0.3 is 15.5 Å². The maximum atomic E-state index is 13.0. The summed E-state index contributed by atoms with van der Waals surface area (Å²) in [5.74, 6) is -0.928. The van der Waals surface area contributed by atoms with Crippen molar-refractivity contribution in [2.24, 2.45) is 0 Å². The molecule has 0 unspecified atom stereocenters. The summed E-state index contributed by atoms with van der Waals surface area (Å²) in [5, 5.41) is 8.52. The lowest BCUT2D eigenvalue weighted by Gasteiger charge is -2.24. The highest BCUT2D eigenvalue weighted by atomic mass is 35.5. The van der Waals surface area contributed by atoms with Gasteiger partial charge in [0.1, 0.15) is 6.04 Å². The summed E-state index contributed by atoms with van der Waals surface area (Å²) >= 11 is 6.10. The molecule has 8 nitrogen and oxygen atoms in total. The summed E-state index contributed by atoms with van der Waals surface area (Å²) in [4.78, 5) is 50.9. The van der Waals surface area contributed by atoms with Gasteiger partial charge in [-0.2, -0.15) is 0 Å². The minimum absolute atomic E-state index is 0.205. The van der Waals surface area contributed by atoms with Crippen molar-refractivity contribution in [3.63, 3.8) is 0 Å². The number of aryl methyl sites for hydroxylation is 1. The van der Waals surface area contributed by atoms with Crippen LogP contribution in [0.4, 0.5) is 10.5 Å². The van der Waals surface area contributed by atoms with Gasteiger partial charge in [-0.15, -0.1) is 0 Å². The highest BCUT2D eigenvalue weighted by Gasteiger charge is 2.38. The first-order chi connectivity index (χ1) is 15.8. The van der Waals surface area contributed by atoms with Crippen molar-refractivity contribution in [2.75, 3.05) is 11.9 Å². The molecule has 33 heavy (non-hydrogen) atoms. The maximum absolute atomic E-state index is 13.0. The van der Waals surface area contributed by atoms with Crippen molar-refractivity contribution in [3.05, 3.63) is 63.7 Å². The van der Waals surface area contributed by atoms with Gasteiger partial charge in [-0.05, 0) is 61.1 Å². The van der Waals surface area contributed by atoms with Gasteiger partial charge in [0.05, 0.1) is 0 Å². The van der Waals surface area contributed by atoms with Crippen LogP contribution in [0.2, 0.25) is 5.02 Å². The molecule has 5 amide bonds. The van der Waals surface area contributed by atoms with Crippen molar-refractivity contribution >= 4 is 41.0 Å². The number of imide groups is 1. The lowest BCUT2D eigenvalue weighted by atomic mass is 10.0. The number of nitrogens with zero attached hydrogens (tertiary/aromatic N) is 1. The Morgan fingerprint density at radius 2 is 2.03 bits per heavy atom. The number of halogens is 1. The molecule has 2 aromatic carbocycles. The van der Waals surface area contributed by atoms with Gasteiger partial charge in [0.25, 0.3) is 5.91 Å². The topological polar surface area (TPSA) is 108 Å². The predicted octanol–water partition coefficient (Wildman–Crippen LogP) is 3.16. The number of anilines is 1. The number of rotatable bonds is 5. The van der Waals surface area contributed by atoms with Crippen LogP contribution in [-0.4, -0.2) is 41.2 Å². The Labute approximate surface area is 196 Å². The third kappa shape index (κ3) is 5.01. The van der Waals surface area contributed by atoms with E-state index in [4.69, 9.17) is 11.6 Å². The first-order valence-corrected chi connectivity index (χ1v) is 11.3. The summed E-state index contributed by atoms with van der Waals surface area (Å²) in [7, 11) is 0. The number of hydrogen-bond donors (Lipinski definition) is 3. The molecular formula is C24H25ClN4O4. The van der Waals surface area contributed by atoms with Gasteiger partial charge in [-0.1, -0.05) is 29.8 Å². The minimum atomic E-state index is -0.658. The minimum Gasteiger partial charge on any atom is -0.338 e. The van der Waals surface area contributed by atoms with Crippen molar-refractivity contribution in [1.29, 1.82) is 0 Å². The summed E-state index contributed by atoms with van der Waals surface area (Å²) in [5.41, 5.74) is 3.89. The van der Waals surface area contributed by atoms with Crippen LogP contribution in [0.1, 0.15) is 46.3 Å². The van der Waals surface area contributed by atoms with E-state index in [1.165, 1.54) is 0 Å². The average Bonchev–Trinajstić information content (AvgIpc) is 3.00. The highest BCUT2D eigenvalue weighted by Crippen LogP contribution is 2.30. The zero-order valence-corrected chi connectivity index (χ0v) is 19.0. The Balaban J connectivity index is 1.38. The summed E-state index contributed by atoms with van der Waals surface area (Å²) in [6.45, 7) is 2.57. The molecule has 0 radical (unpaired) electrons. The van der Waals surface area contributed by atoms with Crippen molar-refractivity contribution < 1.29 is 19.2 Å². The summed E-state index contributed by atoms with van der Waals surface area (Å²) in [6.07, 6.45) is 1.82. The molecule has 1 saturated heterocycles. The van der Waals surface area contributed by atoms with Crippen LogP contribution in [0, 0.1) is 6.92 Å². The predicted molar refractivity (Wildman–Crippen MR) is 124 cm³/mol. The number of carbonyl (C=O) groups is 4. The third-order valence-corrected chi connectivity index (χ3v) is 6.43. The molecule has 1 fully saturated rings. The molecule has 3 N–H and O–H groups in total. The SMILES string of the molecule is Cc1ccc(NC(=O)NCCc2cccc3c2CN([C@H]2CCCC(=O)NC2=O)C3=O)cc1Cl. The molecule has 0 aromatic heterocycles. The number of carbonyl (C=O) groups excluding carboxylic acids is 4. The fourth-order valence-corrected chi connectivity index (χ4v) is 4.41. The Hall–Kier alpha value is -3.39. The number of hydrogen-bond acceptors (Lipinski definition) is 4. The Morgan fingerprint density at radius 1 is 1.21 bits per heavy atom. The van der Waals surface area contributed by atoms with E-state index >= 15 is 0 Å². The largest absolute Gasteiger partial charge is 0.338 e. The van der Waals surface area contributed by atoms with Gasteiger partial charge in [-0.25, -0.2) is 4.79 Å². The zero-order valence-electron chi connectivity index (χ0n) is 18.2. The van der Waals surface area contributed by atoms with Gasteiger partial charge in [0.15, 0.2) is 0 Å². The first kappa shape index (κ1) is 22.8. The number of benzene rings is 2. The van der Waals surface area contributed by atoms with E-state index in [0.29, 0.717) is 48.6 Å². The molecule has 1 atom stereocenters. The molecule has 2 aromatic rings. The molecule has 0 saturated carbocycles. The molecule has 172 valence electrons. The second-order valence-electron chi connectivity index (χ2n) is 8.29. The lowest BCUT2D eigenvalue weighted by molar-refractivity contribution is -0.132. The molecule has 9 heteroatoms. The van der Waals surface area contributed by atoms with Crippen LogP contribution in [0.15, 0.2) is 36.4 Å². The van der Waals surface area contributed by atoms with E-state index < -0.39 is 11.9 Å². The third-order valence-electron chi connectivity index (χ3n) is 6.03. The quantitative estimate of drug-likeness (QED) is 0.586. The average molecular weight is 469 g/mol. The summed E-state index contributed by atoms with van der Waals surface area (Å²) < 4.78 is 0. The lowest BCUT2D eigenvalue weighted by Crippen LogP contribution is -2.46. The first-order valence-electron chi connectivity index (χ1n) is 10.9. The van der Waals surface area contributed by atoms with Crippen molar-refractivity contribution in [2.45, 2.75) is 45.2 Å². The summed E-state index contributed by atoms with van der Waals surface area (Å²) in [6, 6.07) is 9.78. The molecular weight excluding hydrogens is 444 g/mol. The number of amides is 5. The fraction of sp³-hybridized carbons (Fsp3) is 0.333. The number of nitrogens with one attached hydrogen (secondary N) is 3. The molecule has 0 bridgehead atoms. The zero-order chi connectivity index (χ0) is 23.5. The van der Waals surface area contributed by atoms with Crippen LogP contribution in [0.3, 0.4) is 0 Å². The Bertz CT molecular complexity index is 1130. The number of urea groups is 1. The van der Waals surface area contributed by atoms with E-state index in [-0.39, 0.29) is 24.3 Å². The Kier molecular flexibility index (Phi) is 6.65. The normalized spacial score (nSPS) is 17.9. The van der Waals surface area contributed by atoms with Gasteiger partial charge in [0.2, 0.25) is 11.8 Å². The van der Waals surface area contributed by atoms with Crippen molar-refractivity contribution in [3.8, 4) is 0 Å². The van der Waals surface area contributed by atoms with E-state index in [9.17, 15) is 19.2 Å². The Morgan fingerprint density at radius 3 is 2.82 bits per heavy atom. The van der Waals surface area contributed by atoms with Gasteiger partial charge in [0, 0.05) is 35.8 Å². The van der Waals surface area contributed by atoms with Crippen LogP contribution in [0.5, 0.6) is 0 Å². The second-order valence-corrected chi connectivity index (χ2v) is 8.70. The smallest absolute Gasteiger partial charge is 0.319 e. The molecule has 0 aliphatic carbocycles. The van der Waals surface area contributed by atoms with Gasteiger partial charge in [-0.3, -0.25) is 19.7 Å². The van der Waals surface area contributed by atoms with E-state index in [2.05, 4.69) is 16.0 Å². The van der Waals surface area contributed by atoms with Crippen LogP contribution < -0.4 is 16.0 Å². The van der Waals surface area contributed by atoms with Crippen molar-refractivity contribution in [1.82, 2.24) is 15.5 Å². The molecule has 0 spiro atoms. The van der Waals surface area contributed by atoms with E-state index in [0.717, 1.165) is 16.7 Å². The fourth-order valence-electron chi connectivity index (χ4n) is 4.23. The van der Waals surface area contributed by atoms with E-state index in [1.54, 1.807) is 29.2 Å². The molecule has 2 aliphatic heterocycles. The molecule has 2 heterocycles. The highest BCUT2D eigenvalue weighted by molar-refractivity contribution is 6.31. The van der Waals surface area contributed by atoms with Gasteiger partial charge >= 0.3 is 6.03 Å². The van der Waals surface area contributed by atoms with Crippen LogP contribution in [0.25, 0.3) is 0 Å². The monoisotopic (exact) mass is 468 g/mol. The molecule has 2 aliphatic rings.